The summed E-state index contributed by atoms with van der Waals surface area (Å²) >= 11 is 5.62. The zero-order valence-electron chi connectivity index (χ0n) is 5.57. The maximum Gasteiger partial charge on any atom is 0.0335 e. The Hall–Kier alpha value is -0.0100. The monoisotopic (exact) mass is 145 g/mol. The SMILES string of the molecule is C=C(Cl)CN1CCCC1. The van der Waals surface area contributed by atoms with Gasteiger partial charge in [-0.15, -0.1) is 0 Å². The predicted octanol–water partition coefficient (Wildman–Crippen LogP) is 1.83. The molecular weight excluding hydrogens is 134 g/mol. The Kier molecular flexibility index (Phi) is 2.55. The van der Waals surface area contributed by atoms with Crippen LogP contribution in [0.4, 0.5) is 0 Å². The Labute approximate surface area is 61.3 Å². The first-order valence-electron chi connectivity index (χ1n) is 3.34. The molecule has 1 aliphatic rings. The molecule has 52 valence electrons. The molecule has 1 rings (SSSR count). The number of rotatable bonds is 2. The van der Waals surface area contributed by atoms with E-state index in [2.05, 4.69) is 11.5 Å². The molecule has 1 aliphatic heterocycles. The quantitative estimate of drug-likeness (QED) is 0.573. The fourth-order valence-electron chi connectivity index (χ4n) is 1.18. The van der Waals surface area contributed by atoms with Crippen LogP contribution in [0.3, 0.4) is 0 Å². The third-order valence-corrected chi connectivity index (χ3v) is 1.71. The van der Waals surface area contributed by atoms with Gasteiger partial charge in [-0.05, 0) is 25.9 Å². The van der Waals surface area contributed by atoms with E-state index in [4.69, 9.17) is 11.6 Å². The molecule has 0 saturated carbocycles. The fraction of sp³-hybridized carbons (Fsp3) is 0.714. The molecule has 0 aromatic rings. The summed E-state index contributed by atoms with van der Waals surface area (Å²) in [5.74, 6) is 0. The van der Waals surface area contributed by atoms with E-state index in [9.17, 15) is 0 Å². The summed E-state index contributed by atoms with van der Waals surface area (Å²) in [4.78, 5) is 2.33. The second-order valence-corrected chi connectivity index (χ2v) is 3.04. The number of nitrogens with zero attached hydrogens (tertiary/aromatic N) is 1. The zero-order chi connectivity index (χ0) is 6.69. The lowest BCUT2D eigenvalue weighted by molar-refractivity contribution is 0.374. The number of hydrogen-bond donors (Lipinski definition) is 0. The second kappa shape index (κ2) is 3.23. The minimum Gasteiger partial charge on any atom is -0.298 e. The van der Waals surface area contributed by atoms with Gasteiger partial charge in [-0.25, -0.2) is 0 Å². The van der Waals surface area contributed by atoms with E-state index in [1.807, 2.05) is 0 Å². The lowest BCUT2D eigenvalue weighted by Gasteiger charge is -2.11. The van der Waals surface area contributed by atoms with Crippen molar-refractivity contribution in [1.82, 2.24) is 4.90 Å². The summed E-state index contributed by atoms with van der Waals surface area (Å²) in [7, 11) is 0. The molecule has 0 unspecified atom stereocenters. The zero-order valence-corrected chi connectivity index (χ0v) is 6.32. The van der Waals surface area contributed by atoms with Gasteiger partial charge in [-0.3, -0.25) is 4.90 Å². The van der Waals surface area contributed by atoms with Crippen LogP contribution in [0.5, 0.6) is 0 Å². The molecule has 0 aliphatic carbocycles. The minimum absolute atomic E-state index is 0.761. The molecule has 1 nitrogen and oxygen atoms in total. The number of likely N-dealkylation sites (tertiary alicyclic amines) is 1. The number of hydrogen-bond acceptors (Lipinski definition) is 1. The van der Waals surface area contributed by atoms with Gasteiger partial charge in [0, 0.05) is 11.6 Å². The highest BCUT2D eigenvalue weighted by Crippen LogP contribution is 2.10. The van der Waals surface area contributed by atoms with Crippen molar-refractivity contribution in [2.45, 2.75) is 12.8 Å². The first kappa shape index (κ1) is 7.10. The number of halogens is 1. The minimum atomic E-state index is 0.761. The van der Waals surface area contributed by atoms with Gasteiger partial charge in [0.2, 0.25) is 0 Å². The summed E-state index contributed by atoms with van der Waals surface area (Å²) < 4.78 is 0. The lowest BCUT2D eigenvalue weighted by Crippen LogP contribution is -2.20. The smallest absolute Gasteiger partial charge is 0.0335 e. The van der Waals surface area contributed by atoms with Gasteiger partial charge in [-0.2, -0.15) is 0 Å². The predicted molar refractivity (Wildman–Crippen MR) is 40.7 cm³/mol. The van der Waals surface area contributed by atoms with Gasteiger partial charge in [-0.1, -0.05) is 18.2 Å². The van der Waals surface area contributed by atoms with Crippen molar-refractivity contribution in [2.75, 3.05) is 19.6 Å². The molecule has 0 aromatic carbocycles. The highest BCUT2D eigenvalue weighted by atomic mass is 35.5. The molecule has 1 heterocycles. The molecule has 0 aromatic heterocycles. The first-order valence-corrected chi connectivity index (χ1v) is 3.72. The van der Waals surface area contributed by atoms with E-state index in [0.29, 0.717) is 0 Å². The molecule has 0 N–H and O–H groups in total. The maximum atomic E-state index is 5.62. The summed E-state index contributed by atoms with van der Waals surface area (Å²) in [5.41, 5.74) is 0. The van der Waals surface area contributed by atoms with E-state index in [1.54, 1.807) is 0 Å². The molecule has 9 heavy (non-hydrogen) atoms. The molecule has 2 heteroatoms. The lowest BCUT2D eigenvalue weighted by atomic mass is 10.4. The van der Waals surface area contributed by atoms with Crippen LogP contribution in [0.2, 0.25) is 0 Å². The van der Waals surface area contributed by atoms with Gasteiger partial charge >= 0.3 is 0 Å². The van der Waals surface area contributed by atoms with Crippen molar-refractivity contribution in [1.29, 1.82) is 0 Å². The van der Waals surface area contributed by atoms with E-state index in [1.165, 1.54) is 25.9 Å². The van der Waals surface area contributed by atoms with Crippen LogP contribution in [0.25, 0.3) is 0 Å². The molecular formula is C7H12ClN. The Morgan fingerprint density at radius 1 is 1.44 bits per heavy atom. The van der Waals surface area contributed by atoms with Crippen LogP contribution >= 0.6 is 11.6 Å². The molecule has 0 amide bonds. The van der Waals surface area contributed by atoms with Crippen molar-refractivity contribution in [3.8, 4) is 0 Å². The molecule has 1 saturated heterocycles. The van der Waals surface area contributed by atoms with Gasteiger partial charge in [0.05, 0.1) is 0 Å². The molecule has 0 radical (unpaired) electrons. The topological polar surface area (TPSA) is 3.24 Å². The highest BCUT2D eigenvalue weighted by molar-refractivity contribution is 6.29. The van der Waals surface area contributed by atoms with Crippen LogP contribution in [-0.4, -0.2) is 24.5 Å². The first-order chi connectivity index (χ1) is 4.29. The highest BCUT2D eigenvalue weighted by Gasteiger charge is 2.10. The Morgan fingerprint density at radius 2 is 2.00 bits per heavy atom. The van der Waals surface area contributed by atoms with Crippen molar-refractivity contribution in [2.24, 2.45) is 0 Å². The summed E-state index contributed by atoms with van der Waals surface area (Å²) in [6.45, 7) is 6.92. The van der Waals surface area contributed by atoms with Gasteiger partial charge < -0.3 is 0 Å². The van der Waals surface area contributed by atoms with Gasteiger partial charge in [0.25, 0.3) is 0 Å². The second-order valence-electron chi connectivity index (χ2n) is 2.50. The Bertz CT molecular complexity index is 105. The average molecular weight is 146 g/mol. The van der Waals surface area contributed by atoms with Crippen LogP contribution in [-0.2, 0) is 0 Å². The molecule has 0 spiro atoms. The van der Waals surface area contributed by atoms with E-state index in [-0.39, 0.29) is 0 Å². The Balaban J connectivity index is 2.19. The third-order valence-electron chi connectivity index (χ3n) is 1.59. The van der Waals surface area contributed by atoms with Crippen LogP contribution in [0.15, 0.2) is 11.6 Å². The maximum absolute atomic E-state index is 5.62. The van der Waals surface area contributed by atoms with Crippen molar-refractivity contribution >= 4 is 11.6 Å². The van der Waals surface area contributed by atoms with Crippen LogP contribution in [0, 0.1) is 0 Å². The van der Waals surface area contributed by atoms with Crippen LogP contribution in [0.1, 0.15) is 12.8 Å². The van der Waals surface area contributed by atoms with Crippen LogP contribution < -0.4 is 0 Å². The standard InChI is InChI=1S/C7H12ClN/c1-7(8)6-9-4-2-3-5-9/h1-6H2. The molecule has 1 fully saturated rings. The third kappa shape index (κ3) is 2.37. The normalized spacial score (nSPS) is 20.6. The van der Waals surface area contributed by atoms with Crippen molar-refractivity contribution in [3.63, 3.8) is 0 Å². The Morgan fingerprint density at radius 3 is 2.44 bits per heavy atom. The van der Waals surface area contributed by atoms with Crippen molar-refractivity contribution in [3.05, 3.63) is 11.6 Å². The molecule has 0 bridgehead atoms. The summed E-state index contributed by atoms with van der Waals surface area (Å²) in [5, 5.41) is 0.761. The summed E-state index contributed by atoms with van der Waals surface area (Å²) in [6, 6.07) is 0. The largest absolute Gasteiger partial charge is 0.298 e. The van der Waals surface area contributed by atoms with E-state index >= 15 is 0 Å². The van der Waals surface area contributed by atoms with Crippen molar-refractivity contribution < 1.29 is 0 Å². The molecule has 0 atom stereocenters. The van der Waals surface area contributed by atoms with E-state index < -0.39 is 0 Å². The average Bonchev–Trinajstić information content (AvgIpc) is 2.15. The fourth-order valence-corrected chi connectivity index (χ4v) is 1.35. The van der Waals surface area contributed by atoms with Gasteiger partial charge in [0.1, 0.15) is 0 Å². The summed E-state index contributed by atoms with van der Waals surface area (Å²) in [6.07, 6.45) is 2.65. The van der Waals surface area contributed by atoms with Gasteiger partial charge in [0.15, 0.2) is 0 Å². The van der Waals surface area contributed by atoms with E-state index in [0.717, 1.165) is 11.6 Å².